The summed E-state index contributed by atoms with van der Waals surface area (Å²) in [5.74, 6) is 0. The highest BCUT2D eigenvalue weighted by atomic mass is 16.6. The van der Waals surface area contributed by atoms with Gasteiger partial charge in [-0.15, -0.1) is 0 Å². The van der Waals surface area contributed by atoms with Crippen molar-refractivity contribution in [2.75, 3.05) is 0 Å². The molecule has 0 saturated carbocycles. The van der Waals surface area contributed by atoms with Crippen LogP contribution < -0.4 is 0 Å². The van der Waals surface area contributed by atoms with E-state index in [4.69, 9.17) is 5.26 Å². The molecule has 0 aliphatic rings. The molecule has 4 aromatic rings. The molecule has 0 spiro atoms. The third-order valence-corrected chi connectivity index (χ3v) is 4.38. The van der Waals surface area contributed by atoms with Crippen LogP contribution >= 0.6 is 0 Å². The van der Waals surface area contributed by atoms with Crippen LogP contribution in [0, 0.1) is 21.4 Å². The molecule has 0 aliphatic heterocycles. The van der Waals surface area contributed by atoms with Crippen LogP contribution in [0.1, 0.15) is 5.56 Å². The van der Waals surface area contributed by atoms with Gasteiger partial charge < -0.3 is 0 Å². The van der Waals surface area contributed by atoms with Crippen LogP contribution in [0.4, 0.5) is 5.69 Å². The van der Waals surface area contributed by atoms with Gasteiger partial charge in [-0.1, -0.05) is 6.07 Å². The van der Waals surface area contributed by atoms with E-state index in [2.05, 4.69) is 15.2 Å². The quantitative estimate of drug-likeness (QED) is 0.371. The van der Waals surface area contributed by atoms with Crippen LogP contribution in [-0.4, -0.2) is 29.5 Å². The van der Waals surface area contributed by atoms with E-state index in [-0.39, 0.29) is 11.3 Å². The Hall–Kier alpha value is -4.32. The number of aryl methyl sites for hydroxylation is 2. The van der Waals surface area contributed by atoms with Crippen molar-refractivity contribution < 1.29 is 4.92 Å². The van der Waals surface area contributed by atoms with Crippen molar-refractivity contribution in [2.45, 2.75) is 13.1 Å². The largest absolute Gasteiger partial charge is 0.287 e. The molecule has 3 heterocycles. The molecule has 9 heteroatoms. The summed E-state index contributed by atoms with van der Waals surface area (Å²) in [7, 11) is 0. The third-order valence-electron chi connectivity index (χ3n) is 4.38. The summed E-state index contributed by atoms with van der Waals surface area (Å²) in [4.78, 5) is 14.7. The van der Waals surface area contributed by atoms with Crippen LogP contribution in [0.15, 0.2) is 67.1 Å². The number of aromatic nitrogens is 5. The molecule has 0 radical (unpaired) electrons. The summed E-state index contributed by atoms with van der Waals surface area (Å²) in [6.07, 6.45) is 5.45. The van der Waals surface area contributed by atoms with E-state index in [0.717, 1.165) is 11.4 Å². The second-order valence-electron chi connectivity index (χ2n) is 6.24. The highest BCUT2D eigenvalue weighted by Crippen LogP contribution is 2.25. The number of rotatable bonds is 6. The second-order valence-corrected chi connectivity index (χ2v) is 6.24. The van der Waals surface area contributed by atoms with Crippen LogP contribution in [0.2, 0.25) is 0 Å². The Bertz CT molecular complexity index is 1210. The van der Waals surface area contributed by atoms with Gasteiger partial charge >= 0.3 is 0 Å². The molecule has 0 amide bonds. The fraction of sp³-hybridized carbons (Fsp3) is 0.100. The molecule has 142 valence electrons. The summed E-state index contributed by atoms with van der Waals surface area (Å²) in [6.45, 7) is 1.22. The van der Waals surface area contributed by atoms with Crippen LogP contribution in [0.5, 0.6) is 0 Å². The summed E-state index contributed by atoms with van der Waals surface area (Å²) in [5.41, 5.74) is 2.73. The van der Waals surface area contributed by atoms with Crippen molar-refractivity contribution in [1.82, 2.24) is 24.5 Å². The van der Waals surface area contributed by atoms with Crippen molar-refractivity contribution in [1.29, 1.82) is 5.26 Å². The Balaban J connectivity index is 1.46. The van der Waals surface area contributed by atoms with E-state index < -0.39 is 4.92 Å². The zero-order valence-electron chi connectivity index (χ0n) is 15.2. The van der Waals surface area contributed by atoms with E-state index in [9.17, 15) is 10.1 Å². The van der Waals surface area contributed by atoms with Gasteiger partial charge in [0.1, 0.15) is 17.3 Å². The lowest BCUT2D eigenvalue weighted by Crippen LogP contribution is -2.08. The molecule has 0 bridgehead atoms. The first-order valence-electron chi connectivity index (χ1n) is 8.81. The number of nitro groups is 1. The predicted molar refractivity (Wildman–Crippen MR) is 104 cm³/mol. The standard InChI is InChI=1S/C20H15N7O2/c21-14-16-13-15(4-5-20(16)27(28)29)17-6-9-25(23-17)11-12-26-10-7-19(24-26)18-3-1-2-8-22-18/h1-10,13H,11-12H2. The third kappa shape index (κ3) is 3.86. The summed E-state index contributed by atoms with van der Waals surface area (Å²) < 4.78 is 3.59. The van der Waals surface area contributed by atoms with E-state index in [1.54, 1.807) is 16.9 Å². The van der Waals surface area contributed by atoms with Crippen molar-refractivity contribution in [2.24, 2.45) is 0 Å². The van der Waals surface area contributed by atoms with Gasteiger partial charge in [0.15, 0.2) is 0 Å². The number of nitro benzene ring substituents is 1. The zero-order valence-corrected chi connectivity index (χ0v) is 15.2. The number of hydrogen-bond acceptors (Lipinski definition) is 6. The fourth-order valence-corrected chi connectivity index (χ4v) is 2.93. The van der Waals surface area contributed by atoms with Crippen LogP contribution in [0.3, 0.4) is 0 Å². The van der Waals surface area contributed by atoms with E-state index in [1.807, 2.05) is 53.5 Å². The molecule has 0 aliphatic carbocycles. The molecule has 3 aromatic heterocycles. The molecule has 29 heavy (non-hydrogen) atoms. The minimum atomic E-state index is -0.565. The first-order valence-corrected chi connectivity index (χ1v) is 8.81. The Morgan fingerprint density at radius 1 is 0.966 bits per heavy atom. The lowest BCUT2D eigenvalue weighted by molar-refractivity contribution is -0.385. The molecular formula is C20H15N7O2. The Kier molecular flexibility index (Phi) is 4.82. The van der Waals surface area contributed by atoms with Gasteiger partial charge in [-0.3, -0.25) is 24.5 Å². The maximum Gasteiger partial charge on any atom is 0.287 e. The van der Waals surface area contributed by atoms with Gasteiger partial charge in [0.2, 0.25) is 0 Å². The van der Waals surface area contributed by atoms with Crippen LogP contribution in [-0.2, 0) is 13.1 Å². The van der Waals surface area contributed by atoms with Gasteiger partial charge in [-0.2, -0.15) is 15.5 Å². The number of nitriles is 1. The lowest BCUT2D eigenvalue weighted by atomic mass is 10.1. The second kappa shape index (κ2) is 7.74. The maximum absolute atomic E-state index is 11.0. The Labute approximate surface area is 165 Å². The van der Waals surface area contributed by atoms with Gasteiger partial charge in [0.25, 0.3) is 5.69 Å². The number of pyridine rings is 1. The van der Waals surface area contributed by atoms with Crippen molar-refractivity contribution in [3.63, 3.8) is 0 Å². The molecule has 1 aromatic carbocycles. The van der Waals surface area contributed by atoms with Crippen molar-refractivity contribution >= 4 is 5.69 Å². The SMILES string of the molecule is N#Cc1cc(-c2ccn(CCn3ccc(-c4ccccn4)n3)n2)ccc1[N+](=O)[O-]. The maximum atomic E-state index is 11.0. The van der Waals surface area contributed by atoms with E-state index in [0.29, 0.717) is 24.3 Å². The Morgan fingerprint density at radius 2 is 1.69 bits per heavy atom. The van der Waals surface area contributed by atoms with Gasteiger partial charge in [0.05, 0.1) is 29.4 Å². The van der Waals surface area contributed by atoms with E-state index in [1.165, 1.54) is 12.1 Å². The van der Waals surface area contributed by atoms with Crippen molar-refractivity contribution in [3.05, 3.63) is 82.8 Å². The van der Waals surface area contributed by atoms with Gasteiger partial charge in [0, 0.05) is 30.2 Å². The minimum Gasteiger partial charge on any atom is -0.270 e. The monoisotopic (exact) mass is 385 g/mol. The Morgan fingerprint density at radius 3 is 2.34 bits per heavy atom. The summed E-state index contributed by atoms with van der Waals surface area (Å²) >= 11 is 0. The average Bonchev–Trinajstić information content (AvgIpc) is 3.42. The first-order chi connectivity index (χ1) is 14.1. The lowest BCUT2D eigenvalue weighted by Gasteiger charge is -2.03. The molecular weight excluding hydrogens is 370 g/mol. The zero-order chi connectivity index (χ0) is 20.2. The summed E-state index contributed by atoms with van der Waals surface area (Å²) in [5, 5.41) is 29.1. The topological polar surface area (TPSA) is 115 Å². The first kappa shape index (κ1) is 18.1. The minimum absolute atomic E-state index is 0.0145. The average molecular weight is 385 g/mol. The molecule has 0 atom stereocenters. The molecule has 0 N–H and O–H groups in total. The number of hydrogen-bond donors (Lipinski definition) is 0. The number of benzene rings is 1. The molecule has 9 nitrogen and oxygen atoms in total. The fourth-order valence-electron chi connectivity index (χ4n) is 2.93. The van der Waals surface area contributed by atoms with Crippen molar-refractivity contribution in [3.8, 4) is 28.7 Å². The normalized spacial score (nSPS) is 10.6. The predicted octanol–water partition coefficient (Wildman–Crippen LogP) is 3.29. The molecule has 0 saturated heterocycles. The number of nitrogens with zero attached hydrogens (tertiary/aromatic N) is 7. The van der Waals surface area contributed by atoms with Gasteiger partial charge in [-0.05, 0) is 36.4 Å². The highest BCUT2D eigenvalue weighted by Gasteiger charge is 2.15. The molecule has 4 rings (SSSR count). The highest BCUT2D eigenvalue weighted by molar-refractivity contribution is 5.65. The molecule has 0 fully saturated rings. The van der Waals surface area contributed by atoms with Crippen LogP contribution in [0.25, 0.3) is 22.6 Å². The van der Waals surface area contributed by atoms with Gasteiger partial charge in [-0.25, -0.2) is 0 Å². The smallest absolute Gasteiger partial charge is 0.270 e. The summed E-state index contributed by atoms with van der Waals surface area (Å²) in [6, 6.07) is 15.7. The molecule has 0 unspecified atom stereocenters. The van der Waals surface area contributed by atoms with E-state index >= 15 is 0 Å².